The average Bonchev–Trinajstić information content (AvgIpc) is 2.81. The molecule has 0 spiro atoms. The second-order valence-electron chi connectivity index (χ2n) is 5.24. The Morgan fingerprint density at radius 1 is 1.43 bits per heavy atom. The van der Waals surface area contributed by atoms with Gasteiger partial charge in [-0.2, -0.15) is 0 Å². The number of carbonyl (C=O) groups is 1. The predicted molar refractivity (Wildman–Crippen MR) is 86.5 cm³/mol. The number of fused-ring (bicyclic) bond motifs is 1. The van der Waals surface area contributed by atoms with Gasteiger partial charge in [0, 0.05) is 25.0 Å². The number of rotatable bonds is 6. The summed E-state index contributed by atoms with van der Waals surface area (Å²) in [6.45, 7) is 5.88. The SMILES string of the molecule is CC(C)N(C)CCCNC(=O)c1sc2nccnc2c1N. The molecule has 3 N–H and O–H groups in total. The number of thiophene rings is 1. The molecule has 2 heterocycles. The van der Waals surface area contributed by atoms with Crippen LogP contribution in [0.25, 0.3) is 10.3 Å². The summed E-state index contributed by atoms with van der Waals surface area (Å²) in [6, 6.07) is 0.510. The Bertz CT molecular complexity index is 625. The summed E-state index contributed by atoms with van der Waals surface area (Å²) in [7, 11) is 2.08. The highest BCUT2D eigenvalue weighted by atomic mass is 32.1. The van der Waals surface area contributed by atoms with E-state index in [9.17, 15) is 4.79 Å². The maximum Gasteiger partial charge on any atom is 0.263 e. The summed E-state index contributed by atoms with van der Waals surface area (Å²) >= 11 is 1.28. The predicted octanol–water partition coefficient (Wildman–Crippen LogP) is 1.73. The topological polar surface area (TPSA) is 84.1 Å². The fourth-order valence-electron chi connectivity index (χ4n) is 1.88. The third-order valence-electron chi connectivity index (χ3n) is 3.42. The maximum absolute atomic E-state index is 12.2. The van der Waals surface area contributed by atoms with Gasteiger partial charge < -0.3 is 16.0 Å². The van der Waals surface area contributed by atoms with Gasteiger partial charge in [-0.3, -0.25) is 4.79 Å². The molecule has 0 saturated heterocycles. The van der Waals surface area contributed by atoms with Crippen molar-refractivity contribution in [3.05, 3.63) is 17.3 Å². The van der Waals surface area contributed by atoms with Crippen molar-refractivity contribution in [1.29, 1.82) is 0 Å². The second-order valence-corrected chi connectivity index (χ2v) is 6.24. The zero-order chi connectivity index (χ0) is 15.4. The molecule has 0 unspecified atom stereocenters. The van der Waals surface area contributed by atoms with E-state index in [1.165, 1.54) is 11.3 Å². The number of amides is 1. The Balaban J connectivity index is 1.92. The molecule has 0 aliphatic rings. The lowest BCUT2D eigenvalue weighted by molar-refractivity contribution is 0.0956. The van der Waals surface area contributed by atoms with Crippen molar-refractivity contribution < 1.29 is 4.79 Å². The first kappa shape index (κ1) is 15.7. The van der Waals surface area contributed by atoms with E-state index in [0.717, 1.165) is 13.0 Å². The van der Waals surface area contributed by atoms with E-state index in [0.29, 0.717) is 33.5 Å². The summed E-state index contributed by atoms with van der Waals surface area (Å²) < 4.78 is 0. The highest BCUT2D eigenvalue weighted by Crippen LogP contribution is 2.30. The molecule has 0 aromatic carbocycles. The summed E-state index contributed by atoms with van der Waals surface area (Å²) in [5, 5.41) is 2.90. The molecule has 0 radical (unpaired) electrons. The Hall–Kier alpha value is -1.73. The Morgan fingerprint density at radius 2 is 2.14 bits per heavy atom. The van der Waals surface area contributed by atoms with Crippen LogP contribution in [-0.4, -0.2) is 47.0 Å². The number of aromatic nitrogens is 2. The zero-order valence-electron chi connectivity index (χ0n) is 12.6. The average molecular weight is 307 g/mol. The number of hydrogen-bond donors (Lipinski definition) is 2. The molecule has 0 bridgehead atoms. The molecular formula is C14H21N5OS. The number of anilines is 1. The number of nitrogens with one attached hydrogen (secondary N) is 1. The Kier molecular flexibility index (Phi) is 5.08. The molecule has 7 heteroatoms. The molecule has 6 nitrogen and oxygen atoms in total. The van der Waals surface area contributed by atoms with Crippen molar-refractivity contribution >= 4 is 33.3 Å². The van der Waals surface area contributed by atoms with Crippen LogP contribution in [0, 0.1) is 0 Å². The van der Waals surface area contributed by atoms with Gasteiger partial charge in [-0.25, -0.2) is 9.97 Å². The van der Waals surface area contributed by atoms with Crippen LogP contribution in [0.2, 0.25) is 0 Å². The summed E-state index contributed by atoms with van der Waals surface area (Å²) in [6.07, 6.45) is 4.08. The third kappa shape index (κ3) is 3.68. The van der Waals surface area contributed by atoms with E-state index >= 15 is 0 Å². The fourth-order valence-corrected chi connectivity index (χ4v) is 2.82. The molecule has 0 aliphatic carbocycles. The van der Waals surface area contributed by atoms with Gasteiger partial charge in [-0.05, 0) is 33.9 Å². The number of nitrogens with two attached hydrogens (primary N) is 1. The van der Waals surface area contributed by atoms with Gasteiger partial charge in [0.25, 0.3) is 5.91 Å². The minimum Gasteiger partial charge on any atom is -0.396 e. The number of hydrogen-bond acceptors (Lipinski definition) is 6. The zero-order valence-corrected chi connectivity index (χ0v) is 13.4. The largest absolute Gasteiger partial charge is 0.396 e. The molecule has 1 amide bonds. The minimum atomic E-state index is -0.149. The van der Waals surface area contributed by atoms with Gasteiger partial charge in [0.05, 0.1) is 5.69 Å². The molecule has 2 aromatic heterocycles. The first-order valence-electron chi connectivity index (χ1n) is 6.98. The molecule has 2 aromatic rings. The van der Waals surface area contributed by atoms with Crippen molar-refractivity contribution in [3.8, 4) is 0 Å². The highest BCUT2D eigenvalue weighted by molar-refractivity contribution is 7.21. The molecule has 0 saturated carbocycles. The van der Waals surface area contributed by atoms with Gasteiger partial charge in [-0.1, -0.05) is 0 Å². The lowest BCUT2D eigenvalue weighted by atomic mass is 10.3. The van der Waals surface area contributed by atoms with Gasteiger partial charge in [-0.15, -0.1) is 11.3 Å². The third-order valence-corrected chi connectivity index (χ3v) is 4.53. The van der Waals surface area contributed by atoms with Crippen LogP contribution in [0.15, 0.2) is 12.4 Å². The van der Waals surface area contributed by atoms with Crippen LogP contribution in [0.3, 0.4) is 0 Å². The number of nitrogens with zero attached hydrogens (tertiary/aromatic N) is 3. The van der Waals surface area contributed by atoms with Crippen LogP contribution in [0.4, 0.5) is 5.69 Å². The van der Waals surface area contributed by atoms with E-state index < -0.39 is 0 Å². The van der Waals surface area contributed by atoms with E-state index in [4.69, 9.17) is 5.73 Å². The normalized spacial score (nSPS) is 11.5. The lowest BCUT2D eigenvalue weighted by Crippen LogP contribution is -2.31. The van der Waals surface area contributed by atoms with Crippen molar-refractivity contribution in [3.63, 3.8) is 0 Å². The van der Waals surface area contributed by atoms with Crippen LogP contribution >= 0.6 is 11.3 Å². The maximum atomic E-state index is 12.2. The van der Waals surface area contributed by atoms with Crippen LogP contribution in [0.5, 0.6) is 0 Å². The van der Waals surface area contributed by atoms with E-state index in [2.05, 4.69) is 41.1 Å². The number of nitrogen functional groups attached to an aromatic ring is 1. The Morgan fingerprint density at radius 3 is 2.81 bits per heavy atom. The lowest BCUT2D eigenvalue weighted by Gasteiger charge is -2.20. The molecule has 21 heavy (non-hydrogen) atoms. The first-order valence-corrected chi connectivity index (χ1v) is 7.79. The van der Waals surface area contributed by atoms with E-state index in [1.807, 2.05) is 0 Å². The number of carbonyl (C=O) groups excluding carboxylic acids is 1. The van der Waals surface area contributed by atoms with Crippen molar-refractivity contribution in [2.45, 2.75) is 26.3 Å². The summed E-state index contributed by atoms with van der Waals surface area (Å²) in [5.74, 6) is -0.149. The van der Waals surface area contributed by atoms with Gasteiger partial charge >= 0.3 is 0 Å². The van der Waals surface area contributed by atoms with Crippen molar-refractivity contribution in [1.82, 2.24) is 20.2 Å². The van der Waals surface area contributed by atoms with Crippen LogP contribution < -0.4 is 11.1 Å². The monoisotopic (exact) mass is 307 g/mol. The standard InChI is InChI=1S/C14H21N5OS/c1-9(2)19(3)8-4-5-17-13(20)12-10(15)11-14(21-12)18-7-6-16-11/h6-7,9H,4-5,8,15H2,1-3H3,(H,17,20). The molecular weight excluding hydrogens is 286 g/mol. The van der Waals surface area contributed by atoms with Gasteiger partial charge in [0.2, 0.25) is 0 Å². The fraction of sp³-hybridized carbons (Fsp3) is 0.500. The Labute approximate surface area is 128 Å². The van der Waals surface area contributed by atoms with Gasteiger partial charge in [0.15, 0.2) is 0 Å². The van der Waals surface area contributed by atoms with E-state index in [1.54, 1.807) is 12.4 Å². The molecule has 2 rings (SSSR count). The second kappa shape index (κ2) is 6.82. The molecule has 0 fully saturated rings. The quantitative estimate of drug-likeness (QED) is 0.794. The van der Waals surface area contributed by atoms with E-state index in [-0.39, 0.29) is 5.91 Å². The molecule has 0 atom stereocenters. The van der Waals surface area contributed by atoms with Crippen LogP contribution in [0.1, 0.15) is 29.9 Å². The summed E-state index contributed by atoms with van der Waals surface area (Å²) in [4.78, 5) is 23.9. The smallest absolute Gasteiger partial charge is 0.263 e. The van der Waals surface area contributed by atoms with Gasteiger partial charge in [0.1, 0.15) is 15.2 Å². The first-order chi connectivity index (χ1) is 10.0. The molecule has 114 valence electrons. The summed E-state index contributed by atoms with van der Waals surface area (Å²) in [5.41, 5.74) is 6.99. The highest BCUT2D eigenvalue weighted by Gasteiger charge is 2.17. The van der Waals surface area contributed by atoms with Crippen molar-refractivity contribution in [2.24, 2.45) is 0 Å². The minimum absolute atomic E-state index is 0.149. The molecule has 0 aliphatic heterocycles. The van der Waals surface area contributed by atoms with Crippen LogP contribution in [-0.2, 0) is 0 Å². The van der Waals surface area contributed by atoms with Crippen molar-refractivity contribution in [2.75, 3.05) is 25.9 Å².